The number of carbonyl (C=O) groups is 6. The summed E-state index contributed by atoms with van der Waals surface area (Å²) >= 11 is 1.39. The van der Waals surface area contributed by atoms with Gasteiger partial charge in [0.15, 0.2) is 17.9 Å². The molecule has 18 heteroatoms. The number of benzene rings is 2. The number of nitrogens with zero attached hydrogens (tertiary/aromatic N) is 1. The molecule has 2 aromatic rings. The van der Waals surface area contributed by atoms with E-state index in [0.29, 0.717) is 44.5 Å². The first-order valence-electron chi connectivity index (χ1n) is 19.8. The van der Waals surface area contributed by atoms with Crippen molar-refractivity contribution in [3.05, 3.63) is 51.6 Å². The molecule has 59 heavy (non-hydrogen) atoms. The van der Waals surface area contributed by atoms with Crippen LogP contribution in [0.2, 0.25) is 0 Å². The Kier molecular flexibility index (Phi) is 12.2. The number of phenols is 2. The van der Waals surface area contributed by atoms with E-state index in [1.165, 1.54) is 42.0 Å². The molecule has 1 unspecified atom stereocenters. The molecule has 17 nitrogen and oxygen atoms in total. The van der Waals surface area contributed by atoms with Crippen molar-refractivity contribution in [1.82, 2.24) is 10.2 Å². The number of aliphatic hydroxyl groups is 3. The van der Waals surface area contributed by atoms with Crippen LogP contribution in [0.1, 0.15) is 101 Å². The number of ketones is 3. The molecule has 7 rings (SSSR count). The van der Waals surface area contributed by atoms with Gasteiger partial charge in [-0.05, 0) is 44.6 Å². The molecular formula is C41H49N3O14S. The number of aliphatic hydroxyl groups excluding tert-OH is 2. The zero-order valence-electron chi connectivity index (χ0n) is 32.7. The van der Waals surface area contributed by atoms with Gasteiger partial charge in [-0.2, -0.15) is 0 Å². The van der Waals surface area contributed by atoms with Gasteiger partial charge >= 0.3 is 0 Å². The largest absolute Gasteiger partial charge is 0.507 e. The highest BCUT2D eigenvalue weighted by atomic mass is 32.2. The fourth-order valence-electron chi connectivity index (χ4n) is 9.21. The minimum absolute atomic E-state index is 0.0399. The van der Waals surface area contributed by atoms with Gasteiger partial charge in [0.05, 0.1) is 47.3 Å². The number of likely N-dealkylation sites (tertiary alicyclic amines) is 1. The molecule has 318 valence electrons. The van der Waals surface area contributed by atoms with E-state index in [2.05, 4.69) is 5.32 Å². The van der Waals surface area contributed by atoms with Crippen LogP contribution in [0, 0.1) is 11.8 Å². The summed E-state index contributed by atoms with van der Waals surface area (Å²) in [7, 11) is 1.31. The van der Waals surface area contributed by atoms with Gasteiger partial charge in [-0.25, -0.2) is 0 Å². The monoisotopic (exact) mass is 839 g/mol. The van der Waals surface area contributed by atoms with Crippen molar-refractivity contribution in [2.45, 2.75) is 99.8 Å². The molecule has 3 aliphatic carbocycles. The van der Waals surface area contributed by atoms with Crippen molar-refractivity contribution in [1.29, 1.82) is 0 Å². The first-order valence-corrected chi connectivity index (χ1v) is 20.9. The molecule has 7 atom stereocenters. The number of Topliss-reactive ketones (excluding diaryl/α,β-unsaturated/α-hetero) is 1. The Balaban J connectivity index is 1.08. The van der Waals surface area contributed by atoms with Crippen LogP contribution >= 0.6 is 11.8 Å². The fourth-order valence-corrected chi connectivity index (χ4v) is 10.2. The Morgan fingerprint density at radius 1 is 1.05 bits per heavy atom. The van der Waals surface area contributed by atoms with Gasteiger partial charge < -0.3 is 50.8 Å². The van der Waals surface area contributed by atoms with E-state index in [-0.39, 0.29) is 64.5 Å². The van der Waals surface area contributed by atoms with Crippen LogP contribution in [0.15, 0.2) is 18.2 Å². The van der Waals surface area contributed by atoms with Gasteiger partial charge in [-0.3, -0.25) is 33.7 Å². The number of imide groups is 1. The maximum Gasteiger partial charge on any atom is 0.242 e. The Bertz CT molecular complexity index is 2070. The van der Waals surface area contributed by atoms with Crippen molar-refractivity contribution in [3.8, 4) is 17.2 Å². The van der Waals surface area contributed by atoms with Crippen molar-refractivity contribution >= 4 is 46.8 Å². The van der Waals surface area contributed by atoms with Crippen LogP contribution in [0.3, 0.4) is 0 Å². The quantitative estimate of drug-likeness (QED) is 0.0981. The number of carbonyl (C=O) groups excluding carboxylic acids is 6. The minimum atomic E-state index is -2.35. The maximum atomic E-state index is 14.0. The van der Waals surface area contributed by atoms with Gasteiger partial charge in [0.2, 0.25) is 23.5 Å². The number of fused-ring (bicyclic) bond motifs is 3. The first kappa shape index (κ1) is 42.7. The Morgan fingerprint density at radius 3 is 2.44 bits per heavy atom. The molecule has 0 spiro atoms. The van der Waals surface area contributed by atoms with E-state index in [9.17, 15) is 54.3 Å². The third kappa shape index (κ3) is 7.75. The van der Waals surface area contributed by atoms with Gasteiger partial charge in [0.1, 0.15) is 35.6 Å². The molecule has 0 radical (unpaired) electrons. The highest BCUT2D eigenvalue weighted by Gasteiger charge is 2.51. The zero-order chi connectivity index (χ0) is 42.5. The maximum absolute atomic E-state index is 14.0. The lowest BCUT2D eigenvalue weighted by Gasteiger charge is -2.43. The van der Waals surface area contributed by atoms with Crippen LogP contribution in [0.4, 0.5) is 0 Å². The summed E-state index contributed by atoms with van der Waals surface area (Å²) in [5, 5.41) is 58.5. The molecule has 0 aromatic heterocycles. The van der Waals surface area contributed by atoms with E-state index in [1.807, 2.05) is 0 Å². The molecule has 3 amide bonds. The van der Waals surface area contributed by atoms with Crippen molar-refractivity contribution in [3.63, 3.8) is 0 Å². The number of rotatable bonds is 12. The van der Waals surface area contributed by atoms with Crippen LogP contribution in [-0.2, 0) is 35.1 Å². The van der Waals surface area contributed by atoms with Crippen molar-refractivity contribution < 1.29 is 68.5 Å². The molecule has 3 fully saturated rings. The Hall–Kier alpha value is -4.43. The Labute approximate surface area is 343 Å². The molecule has 2 saturated heterocycles. The molecule has 1 saturated carbocycles. The summed E-state index contributed by atoms with van der Waals surface area (Å²) < 4.78 is 17.6. The lowest BCUT2D eigenvalue weighted by Crippen LogP contribution is -2.56. The summed E-state index contributed by atoms with van der Waals surface area (Å²) in [6.07, 6.45) is -3.77. The number of hydrogen-bond donors (Lipinski definition) is 7. The molecule has 2 aromatic carbocycles. The normalized spacial score (nSPS) is 30.4. The number of phenolic OH excluding ortho intramolecular Hbond substituents is 2. The first-order chi connectivity index (χ1) is 28.1. The van der Waals surface area contributed by atoms with Gasteiger partial charge in [0, 0.05) is 67.1 Å². The summed E-state index contributed by atoms with van der Waals surface area (Å²) in [5.41, 5.74) is 1.52. The lowest BCUT2D eigenvalue weighted by molar-refractivity contribution is -0.249. The van der Waals surface area contributed by atoms with E-state index in [4.69, 9.17) is 19.9 Å². The number of amides is 3. The predicted octanol–water partition coefficient (Wildman–Crippen LogP) is 0.785. The second-order valence-electron chi connectivity index (χ2n) is 16.0. The Morgan fingerprint density at radius 2 is 1.76 bits per heavy atom. The lowest BCUT2D eigenvalue weighted by atomic mass is 9.72. The van der Waals surface area contributed by atoms with E-state index in [0.717, 1.165) is 0 Å². The van der Waals surface area contributed by atoms with Crippen molar-refractivity contribution in [2.75, 3.05) is 32.6 Å². The van der Waals surface area contributed by atoms with Crippen LogP contribution in [0.5, 0.6) is 17.2 Å². The van der Waals surface area contributed by atoms with E-state index < -0.39 is 107 Å². The smallest absolute Gasteiger partial charge is 0.242 e. The SMILES string of the molecule is COc1cccc2c1C(=O)c1c(O)c3c(c(O)c1C2=O)C[C@@](O)(C(=O)CO)C[C@@H]3O[C@H]1C[C@H](NC(=O)C2CCC(CN3C(=O)CC(SCCN)C3=O)CC2)[C@H](O)[C@H](C)O1. The highest BCUT2D eigenvalue weighted by molar-refractivity contribution is 8.00. The number of aromatic hydroxyl groups is 2. The molecular weight excluding hydrogens is 791 g/mol. The number of hydrogen-bond acceptors (Lipinski definition) is 16. The molecule has 2 heterocycles. The fraction of sp³-hybridized carbons (Fsp3) is 0.561. The number of ether oxygens (including phenoxy) is 3. The third-order valence-electron chi connectivity index (χ3n) is 12.4. The van der Waals surface area contributed by atoms with E-state index >= 15 is 0 Å². The highest BCUT2D eigenvalue weighted by Crippen LogP contribution is 2.52. The van der Waals surface area contributed by atoms with Crippen LogP contribution < -0.4 is 15.8 Å². The van der Waals surface area contributed by atoms with Gasteiger partial charge in [-0.1, -0.05) is 12.1 Å². The topological polar surface area (TPSA) is 273 Å². The summed E-state index contributed by atoms with van der Waals surface area (Å²) in [5.74, 6) is -4.57. The number of thioether (sulfide) groups is 1. The third-order valence-corrected chi connectivity index (χ3v) is 13.6. The van der Waals surface area contributed by atoms with Crippen molar-refractivity contribution in [2.24, 2.45) is 17.6 Å². The second kappa shape index (κ2) is 16.9. The summed E-state index contributed by atoms with van der Waals surface area (Å²) in [4.78, 5) is 81.2. The molecule has 5 aliphatic rings. The number of nitrogens with two attached hydrogens (primary N) is 1. The number of nitrogens with one attached hydrogen (secondary N) is 1. The standard InChI is InChI=1S/C41H49N3O14S/c1-18-34(48)23(43-39(53)20-8-6-19(7-9-20)16-44-28(47)13-26(40(44)54)59-11-10-42)12-29(57-18)58-25-15-41(55,27(46)17-45)14-22-31(25)38(52)33-32(36(22)50)35(49)21-4-3-5-24(56-2)30(21)37(33)51/h3-5,18-20,23,25-26,29,34,45,48,50,52,55H,6-17,42H2,1-2H3,(H,43,53)/t18-,19?,20?,23-,25-,26?,29-,34+,41-/m0/s1. The molecule has 2 aliphatic heterocycles. The van der Waals surface area contributed by atoms with E-state index in [1.54, 1.807) is 6.92 Å². The molecule has 8 N–H and O–H groups in total. The molecule has 0 bridgehead atoms. The van der Waals surface area contributed by atoms with Gasteiger partial charge in [-0.15, -0.1) is 11.8 Å². The van der Waals surface area contributed by atoms with Gasteiger partial charge in [0.25, 0.3) is 0 Å². The minimum Gasteiger partial charge on any atom is -0.507 e. The summed E-state index contributed by atoms with van der Waals surface area (Å²) in [6, 6.07) is 3.42. The average molecular weight is 840 g/mol. The number of methoxy groups -OCH3 is 1. The second-order valence-corrected chi connectivity index (χ2v) is 17.3. The zero-order valence-corrected chi connectivity index (χ0v) is 33.5. The summed E-state index contributed by atoms with van der Waals surface area (Å²) in [6.45, 7) is 1.19. The predicted molar refractivity (Wildman–Crippen MR) is 208 cm³/mol. The average Bonchev–Trinajstić information content (AvgIpc) is 3.48. The van der Waals surface area contributed by atoms with Crippen LogP contribution in [0.25, 0.3) is 0 Å². The van der Waals surface area contributed by atoms with Crippen LogP contribution in [-0.4, -0.2) is 133 Å².